The molecule has 0 saturated heterocycles. The maximum absolute atomic E-state index is 12.2. The normalized spacial score (nSPS) is 14.9. The Labute approximate surface area is 135 Å². The van der Waals surface area contributed by atoms with E-state index in [1.54, 1.807) is 10.9 Å². The number of nitrogens with one attached hydrogen (secondary N) is 1. The molecule has 0 spiro atoms. The van der Waals surface area contributed by atoms with E-state index in [4.69, 9.17) is 4.74 Å². The van der Waals surface area contributed by atoms with E-state index in [2.05, 4.69) is 20.3 Å². The van der Waals surface area contributed by atoms with Gasteiger partial charge in [-0.3, -0.25) is 9.36 Å². The summed E-state index contributed by atoms with van der Waals surface area (Å²) in [6.07, 6.45) is 9.83. The minimum Gasteiger partial charge on any atom is -0.478 e. The summed E-state index contributed by atoms with van der Waals surface area (Å²) in [5.74, 6) is 1.19. The van der Waals surface area contributed by atoms with Gasteiger partial charge in [0.1, 0.15) is 6.33 Å². The standard InChI is InChI=1S/C16H21N5O2/c1-11-9-21(10-19-11)14-16(23-2)20-13(8-17-14)15(22)18-7-12-5-3-4-6-12/h8-10,12H,3-7H2,1-2H3,(H,18,22). The summed E-state index contributed by atoms with van der Waals surface area (Å²) in [7, 11) is 1.51. The van der Waals surface area contributed by atoms with Gasteiger partial charge in [-0.05, 0) is 25.7 Å². The summed E-state index contributed by atoms with van der Waals surface area (Å²) >= 11 is 0. The number of amides is 1. The highest BCUT2D eigenvalue weighted by Crippen LogP contribution is 2.24. The summed E-state index contributed by atoms with van der Waals surface area (Å²) in [4.78, 5) is 25.0. The average Bonchev–Trinajstić information content (AvgIpc) is 3.23. The monoisotopic (exact) mass is 315 g/mol. The Hall–Kier alpha value is -2.44. The molecular weight excluding hydrogens is 294 g/mol. The summed E-state index contributed by atoms with van der Waals surface area (Å²) in [5, 5.41) is 2.94. The topological polar surface area (TPSA) is 81.9 Å². The third-order valence-electron chi connectivity index (χ3n) is 4.13. The van der Waals surface area contributed by atoms with Gasteiger partial charge in [0.15, 0.2) is 5.69 Å². The first kappa shape index (κ1) is 15.5. The van der Waals surface area contributed by atoms with Crippen LogP contribution in [-0.4, -0.2) is 39.1 Å². The van der Waals surface area contributed by atoms with Crippen LogP contribution >= 0.6 is 0 Å². The Bertz CT molecular complexity index is 692. The Morgan fingerprint density at radius 1 is 1.39 bits per heavy atom. The van der Waals surface area contributed by atoms with Crippen LogP contribution in [0, 0.1) is 12.8 Å². The van der Waals surface area contributed by atoms with Crippen molar-refractivity contribution in [2.45, 2.75) is 32.6 Å². The van der Waals surface area contributed by atoms with Gasteiger partial charge in [-0.2, -0.15) is 0 Å². The summed E-state index contributed by atoms with van der Waals surface area (Å²) in [6, 6.07) is 0. The van der Waals surface area contributed by atoms with Crippen molar-refractivity contribution in [1.82, 2.24) is 24.8 Å². The van der Waals surface area contributed by atoms with Gasteiger partial charge in [-0.1, -0.05) is 12.8 Å². The summed E-state index contributed by atoms with van der Waals surface area (Å²) in [5.41, 5.74) is 1.13. The lowest BCUT2D eigenvalue weighted by atomic mass is 10.1. The first-order valence-corrected chi connectivity index (χ1v) is 7.87. The maximum atomic E-state index is 12.2. The highest BCUT2D eigenvalue weighted by atomic mass is 16.5. The summed E-state index contributed by atoms with van der Waals surface area (Å²) < 4.78 is 7.00. The van der Waals surface area contributed by atoms with Gasteiger partial charge in [0, 0.05) is 12.7 Å². The third-order valence-corrected chi connectivity index (χ3v) is 4.13. The lowest BCUT2D eigenvalue weighted by Crippen LogP contribution is -2.29. The highest BCUT2D eigenvalue weighted by molar-refractivity contribution is 5.92. The molecule has 0 radical (unpaired) electrons. The zero-order valence-corrected chi connectivity index (χ0v) is 13.5. The Morgan fingerprint density at radius 3 is 2.83 bits per heavy atom. The van der Waals surface area contributed by atoms with Crippen molar-refractivity contribution in [3.8, 4) is 11.7 Å². The molecule has 1 aliphatic rings. The van der Waals surface area contributed by atoms with E-state index in [1.165, 1.54) is 39.0 Å². The summed E-state index contributed by atoms with van der Waals surface area (Å²) in [6.45, 7) is 2.59. The van der Waals surface area contributed by atoms with Crippen LogP contribution in [-0.2, 0) is 0 Å². The molecule has 1 N–H and O–H groups in total. The van der Waals surface area contributed by atoms with Crippen molar-refractivity contribution in [3.05, 3.63) is 30.1 Å². The molecule has 23 heavy (non-hydrogen) atoms. The number of carbonyl (C=O) groups is 1. The lowest BCUT2D eigenvalue weighted by molar-refractivity contribution is 0.0941. The fourth-order valence-corrected chi connectivity index (χ4v) is 2.87. The molecular formula is C16H21N5O2. The molecule has 1 saturated carbocycles. The van der Waals surface area contributed by atoms with Crippen molar-refractivity contribution >= 4 is 5.91 Å². The van der Waals surface area contributed by atoms with Gasteiger partial charge in [-0.15, -0.1) is 0 Å². The van der Waals surface area contributed by atoms with Crippen LogP contribution in [0.5, 0.6) is 5.88 Å². The van der Waals surface area contributed by atoms with Gasteiger partial charge in [0.2, 0.25) is 5.82 Å². The van der Waals surface area contributed by atoms with Crippen LogP contribution in [0.4, 0.5) is 0 Å². The van der Waals surface area contributed by atoms with E-state index in [0.717, 1.165) is 5.69 Å². The molecule has 122 valence electrons. The maximum Gasteiger partial charge on any atom is 0.271 e. The number of hydrogen-bond acceptors (Lipinski definition) is 5. The zero-order valence-electron chi connectivity index (χ0n) is 13.5. The first-order chi connectivity index (χ1) is 11.2. The van der Waals surface area contributed by atoms with Crippen molar-refractivity contribution in [1.29, 1.82) is 0 Å². The van der Waals surface area contributed by atoms with E-state index in [1.807, 2.05) is 13.1 Å². The van der Waals surface area contributed by atoms with Crippen LogP contribution in [0.2, 0.25) is 0 Å². The Kier molecular flexibility index (Phi) is 4.55. The molecule has 7 nitrogen and oxygen atoms in total. The van der Waals surface area contributed by atoms with Gasteiger partial charge in [0.25, 0.3) is 11.8 Å². The highest BCUT2D eigenvalue weighted by Gasteiger charge is 2.18. The number of ether oxygens (including phenoxy) is 1. The average molecular weight is 315 g/mol. The van der Waals surface area contributed by atoms with Crippen LogP contribution < -0.4 is 10.1 Å². The Balaban J connectivity index is 1.74. The molecule has 7 heteroatoms. The van der Waals surface area contributed by atoms with Crippen molar-refractivity contribution in [2.24, 2.45) is 5.92 Å². The number of hydrogen-bond donors (Lipinski definition) is 1. The lowest BCUT2D eigenvalue weighted by Gasteiger charge is -2.11. The number of carbonyl (C=O) groups excluding carboxylic acids is 1. The van der Waals surface area contributed by atoms with Crippen LogP contribution in [0.3, 0.4) is 0 Å². The number of rotatable bonds is 5. The van der Waals surface area contributed by atoms with Gasteiger partial charge < -0.3 is 10.1 Å². The predicted octanol–water partition coefficient (Wildman–Crippen LogP) is 1.90. The number of aryl methyl sites for hydroxylation is 1. The first-order valence-electron chi connectivity index (χ1n) is 7.87. The Morgan fingerprint density at radius 2 is 2.17 bits per heavy atom. The van der Waals surface area contributed by atoms with E-state index in [9.17, 15) is 4.79 Å². The number of imidazole rings is 1. The van der Waals surface area contributed by atoms with Gasteiger partial charge >= 0.3 is 0 Å². The molecule has 0 bridgehead atoms. The van der Waals surface area contributed by atoms with E-state index >= 15 is 0 Å². The quantitative estimate of drug-likeness (QED) is 0.911. The minimum absolute atomic E-state index is 0.212. The molecule has 1 aliphatic carbocycles. The molecule has 3 rings (SSSR count). The molecule has 2 aromatic heterocycles. The second-order valence-corrected chi connectivity index (χ2v) is 5.87. The number of nitrogens with zero attached hydrogens (tertiary/aromatic N) is 4. The molecule has 0 unspecified atom stereocenters. The van der Waals surface area contributed by atoms with E-state index in [0.29, 0.717) is 24.2 Å². The zero-order chi connectivity index (χ0) is 16.2. The second kappa shape index (κ2) is 6.76. The SMILES string of the molecule is COc1nc(C(=O)NCC2CCCC2)cnc1-n1cnc(C)c1. The van der Waals surface area contributed by atoms with Gasteiger partial charge in [-0.25, -0.2) is 15.0 Å². The van der Waals surface area contributed by atoms with Gasteiger partial charge in [0.05, 0.1) is 19.0 Å². The number of methoxy groups -OCH3 is 1. The smallest absolute Gasteiger partial charge is 0.271 e. The second-order valence-electron chi connectivity index (χ2n) is 5.87. The van der Waals surface area contributed by atoms with Crippen LogP contribution in [0.25, 0.3) is 5.82 Å². The molecule has 1 fully saturated rings. The molecule has 1 amide bonds. The van der Waals surface area contributed by atoms with Crippen molar-refractivity contribution < 1.29 is 9.53 Å². The van der Waals surface area contributed by atoms with Crippen molar-refractivity contribution in [3.63, 3.8) is 0 Å². The molecule has 0 aliphatic heterocycles. The molecule has 0 atom stereocenters. The fraction of sp³-hybridized carbons (Fsp3) is 0.500. The molecule has 2 aromatic rings. The third kappa shape index (κ3) is 3.49. The molecule has 0 aromatic carbocycles. The molecule has 2 heterocycles. The van der Waals surface area contributed by atoms with Crippen molar-refractivity contribution in [2.75, 3.05) is 13.7 Å². The van der Waals surface area contributed by atoms with Crippen LogP contribution in [0.15, 0.2) is 18.7 Å². The predicted molar refractivity (Wildman–Crippen MR) is 84.7 cm³/mol. The number of aromatic nitrogens is 4. The van der Waals surface area contributed by atoms with E-state index < -0.39 is 0 Å². The largest absolute Gasteiger partial charge is 0.478 e. The minimum atomic E-state index is -0.212. The van der Waals surface area contributed by atoms with E-state index in [-0.39, 0.29) is 11.6 Å². The fourth-order valence-electron chi connectivity index (χ4n) is 2.87. The van der Waals surface area contributed by atoms with Crippen LogP contribution in [0.1, 0.15) is 41.9 Å².